The predicted octanol–water partition coefficient (Wildman–Crippen LogP) is 0.352. The van der Waals surface area contributed by atoms with Gasteiger partial charge in [-0.3, -0.25) is 52.7 Å². The molecule has 0 unspecified atom stereocenters. The molecule has 11 N–H and O–H groups in total. The monoisotopic (exact) mass is 1180 g/mol. The number of aromatic nitrogens is 1. The van der Waals surface area contributed by atoms with Crippen LogP contribution in [0, 0.1) is 17.0 Å². The Balaban J connectivity index is 1.59. The van der Waals surface area contributed by atoms with Crippen LogP contribution in [-0.2, 0) is 73.7 Å². The zero-order valence-electron chi connectivity index (χ0n) is 46.9. The molecule has 84 heavy (non-hydrogen) atoms. The standard InChI is InChI=1S/C55H70F2N10O17/c1-30(60-42(70)12-9-13-48(77)84-67-44(72)17-18-45(67)73)50(78)61-31(2)51(79)64-39(26-41(58)69)53(81)63-37(52(80)59-22-20-43(71)62-38(54(82)83)16-19-47(75)76)21-23-66(46(74)29-68)49(55(3,4)5)40-24-33(35-25-34(56)14-15-36(35)57)28-65(40)27-32-10-7-6-8-11-32/h6-8,10-11,14-15,24-25,28,30-31,37-39,49,68H,9,12-13,16-23,26-27,29H2,1-5H3,(H2,58,69)(H,59,80)(H,60,70)(H,61,78)(H,62,71)(H,63,81)(H,64,79)(H,75,76)(H,82,83)/t30-,31-,37-,38-,39-,49-/m0/s1. The molecule has 4 rings (SSSR count). The van der Waals surface area contributed by atoms with Crippen molar-refractivity contribution in [1.82, 2.24) is 46.4 Å². The number of hydroxylamine groups is 2. The molecule has 1 aliphatic heterocycles. The number of nitrogens with one attached hydrogen (secondary N) is 6. The van der Waals surface area contributed by atoms with Gasteiger partial charge < -0.3 is 67.3 Å². The number of aliphatic hydroxyl groups excluding tert-OH is 1. The van der Waals surface area contributed by atoms with Gasteiger partial charge in [-0.1, -0.05) is 51.1 Å². The van der Waals surface area contributed by atoms with Gasteiger partial charge in [0.05, 0.1) is 12.5 Å². The third kappa shape index (κ3) is 20.7. The summed E-state index contributed by atoms with van der Waals surface area (Å²) in [6.45, 7) is 5.77. The van der Waals surface area contributed by atoms with Gasteiger partial charge in [-0.2, -0.15) is 0 Å². The highest BCUT2D eigenvalue weighted by Crippen LogP contribution is 2.41. The summed E-state index contributed by atoms with van der Waals surface area (Å²) in [4.78, 5) is 171. The molecule has 1 aliphatic rings. The van der Waals surface area contributed by atoms with E-state index in [9.17, 15) is 76.9 Å². The SMILES string of the molecule is C[C@H](NC(=O)CCCC(=O)ON1C(=O)CCC1=O)C(=O)N[C@@H](C)C(=O)N[C@@H](CC(N)=O)C(=O)N[C@@H](CCN(C(=O)CO)[C@@H](c1cc(-c2cc(F)ccc2F)cn1Cc1ccccc1)C(C)(C)C)C(=O)NCCC(=O)N[C@@H](CCC(=O)O)C(=O)O. The van der Waals surface area contributed by atoms with Crippen LogP contribution in [0.3, 0.4) is 0 Å². The molecule has 0 saturated carbocycles. The van der Waals surface area contributed by atoms with Crippen molar-refractivity contribution >= 4 is 77.0 Å². The van der Waals surface area contributed by atoms with Gasteiger partial charge in [0.1, 0.15) is 48.5 Å². The second kappa shape index (κ2) is 31.3. The fraction of sp³-hybridized carbons (Fsp3) is 0.473. The van der Waals surface area contributed by atoms with Crippen LogP contribution >= 0.6 is 0 Å². The molecule has 27 nitrogen and oxygen atoms in total. The number of carboxylic acid groups (broad SMARTS) is 2. The van der Waals surface area contributed by atoms with Crippen molar-refractivity contribution in [3.05, 3.63) is 83.7 Å². The van der Waals surface area contributed by atoms with Gasteiger partial charge in [0.2, 0.25) is 47.3 Å². The Kier molecular flexibility index (Phi) is 25.1. The average molecular weight is 1180 g/mol. The first kappa shape index (κ1) is 67.4. The molecule has 2 aromatic carbocycles. The number of carboxylic acids is 2. The Bertz CT molecular complexity index is 2930. The van der Waals surface area contributed by atoms with Crippen LogP contribution in [0.4, 0.5) is 8.78 Å². The summed E-state index contributed by atoms with van der Waals surface area (Å²) in [6.07, 6.45) is -2.49. The number of rotatable bonds is 32. The smallest absolute Gasteiger partial charge is 0.333 e. The fourth-order valence-electron chi connectivity index (χ4n) is 8.81. The third-order valence-corrected chi connectivity index (χ3v) is 13.0. The predicted molar refractivity (Wildman–Crippen MR) is 289 cm³/mol. The van der Waals surface area contributed by atoms with Gasteiger partial charge in [-0.25, -0.2) is 18.4 Å². The van der Waals surface area contributed by atoms with Gasteiger partial charge in [0, 0.05) is 81.2 Å². The Morgan fingerprint density at radius 3 is 1.95 bits per heavy atom. The van der Waals surface area contributed by atoms with Crippen molar-refractivity contribution in [3.8, 4) is 11.1 Å². The molecule has 29 heteroatoms. The summed E-state index contributed by atoms with van der Waals surface area (Å²) >= 11 is 0. The van der Waals surface area contributed by atoms with Crippen molar-refractivity contribution in [3.63, 3.8) is 0 Å². The van der Waals surface area contributed by atoms with Crippen molar-refractivity contribution in [2.45, 2.75) is 142 Å². The van der Waals surface area contributed by atoms with Crippen LogP contribution in [0.2, 0.25) is 0 Å². The summed E-state index contributed by atoms with van der Waals surface area (Å²) in [5.41, 5.74) is 5.75. The first-order valence-electron chi connectivity index (χ1n) is 26.7. The Morgan fingerprint density at radius 1 is 0.726 bits per heavy atom. The molecular formula is C55H70F2N10O17. The number of hydrogen-bond donors (Lipinski definition) is 10. The Labute approximate surface area is 480 Å². The lowest BCUT2D eigenvalue weighted by Crippen LogP contribution is -2.58. The summed E-state index contributed by atoms with van der Waals surface area (Å²) in [5, 5.41) is 43.4. The summed E-state index contributed by atoms with van der Waals surface area (Å²) in [6, 6.07) is 4.41. The van der Waals surface area contributed by atoms with Crippen LogP contribution < -0.4 is 37.6 Å². The number of carbonyl (C=O) groups excluding carboxylic acids is 11. The number of aliphatic carboxylic acids is 2. The number of amides is 10. The van der Waals surface area contributed by atoms with E-state index in [1.165, 1.54) is 18.7 Å². The molecule has 0 spiro atoms. The van der Waals surface area contributed by atoms with E-state index in [0.717, 1.165) is 23.8 Å². The molecule has 2 heterocycles. The van der Waals surface area contributed by atoms with Crippen LogP contribution in [0.25, 0.3) is 11.1 Å². The van der Waals surface area contributed by atoms with Crippen LogP contribution in [-0.4, -0.2) is 157 Å². The lowest BCUT2D eigenvalue weighted by molar-refractivity contribution is -0.197. The normalized spacial score (nSPS) is 14.4. The van der Waals surface area contributed by atoms with Crippen molar-refractivity contribution in [2.75, 3.05) is 19.7 Å². The molecule has 1 fully saturated rings. The maximum absolute atomic E-state index is 15.4. The maximum atomic E-state index is 15.4. The molecule has 0 radical (unpaired) electrons. The minimum Gasteiger partial charge on any atom is -0.481 e. The highest BCUT2D eigenvalue weighted by Gasteiger charge is 2.39. The molecule has 1 aromatic heterocycles. The van der Waals surface area contributed by atoms with Gasteiger partial charge in [0.25, 0.3) is 11.8 Å². The number of nitrogens with two attached hydrogens (primary N) is 1. The minimum atomic E-state index is -1.86. The lowest BCUT2D eigenvalue weighted by Gasteiger charge is -2.41. The summed E-state index contributed by atoms with van der Waals surface area (Å²) < 4.78 is 31.8. The first-order valence-corrected chi connectivity index (χ1v) is 26.7. The van der Waals surface area contributed by atoms with E-state index in [1.54, 1.807) is 55.8 Å². The zero-order valence-corrected chi connectivity index (χ0v) is 46.9. The molecule has 1 saturated heterocycles. The fourth-order valence-corrected chi connectivity index (χ4v) is 8.81. The minimum absolute atomic E-state index is 0.104. The first-order chi connectivity index (χ1) is 39.5. The third-order valence-electron chi connectivity index (χ3n) is 13.0. The maximum Gasteiger partial charge on any atom is 0.333 e. The molecule has 456 valence electrons. The van der Waals surface area contributed by atoms with E-state index in [0.29, 0.717) is 10.8 Å². The second-order valence-corrected chi connectivity index (χ2v) is 20.8. The Morgan fingerprint density at radius 2 is 1.35 bits per heavy atom. The number of halogens is 2. The number of carbonyl (C=O) groups is 13. The van der Waals surface area contributed by atoms with E-state index < -0.39 is 182 Å². The summed E-state index contributed by atoms with van der Waals surface area (Å²) in [7, 11) is 0. The lowest BCUT2D eigenvalue weighted by atomic mass is 9.82. The zero-order chi connectivity index (χ0) is 62.6. The van der Waals surface area contributed by atoms with E-state index in [1.807, 2.05) is 12.1 Å². The van der Waals surface area contributed by atoms with E-state index in [-0.39, 0.29) is 49.8 Å². The Hall–Kier alpha value is -9.15. The molecule has 0 bridgehead atoms. The molecule has 10 amide bonds. The number of imide groups is 1. The molecule has 6 atom stereocenters. The summed E-state index contributed by atoms with van der Waals surface area (Å²) in [5.74, 6) is -14.6. The van der Waals surface area contributed by atoms with Gasteiger partial charge in [-0.15, -0.1) is 5.06 Å². The van der Waals surface area contributed by atoms with Gasteiger partial charge >= 0.3 is 17.9 Å². The van der Waals surface area contributed by atoms with Crippen molar-refractivity contribution in [1.29, 1.82) is 0 Å². The van der Waals surface area contributed by atoms with E-state index >= 15 is 4.39 Å². The molecule has 0 aliphatic carbocycles. The second-order valence-electron chi connectivity index (χ2n) is 20.8. The van der Waals surface area contributed by atoms with Crippen LogP contribution in [0.15, 0.2) is 60.8 Å². The highest BCUT2D eigenvalue weighted by molar-refractivity contribution is 6.02. The largest absolute Gasteiger partial charge is 0.481 e. The number of hydrogen-bond acceptors (Lipinski definition) is 15. The quantitative estimate of drug-likeness (QED) is 0.0377. The van der Waals surface area contributed by atoms with E-state index in [4.69, 9.17) is 15.7 Å². The van der Waals surface area contributed by atoms with Crippen LogP contribution in [0.1, 0.15) is 116 Å². The number of benzene rings is 2. The molecular weight excluding hydrogens is 1110 g/mol. The van der Waals surface area contributed by atoms with Gasteiger partial charge in [-0.05, 0) is 68.4 Å². The van der Waals surface area contributed by atoms with Gasteiger partial charge in [0.15, 0.2) is 0 Å². The number of primary amides is 1. The topological polar surface area (TPSA) is 401 Å². The number of aliphatic hydroxyl groups is 1. The van der Waals surface area contributed by atoms with Crippen molar-refractivity contribution in [2.24, 2.45) is 11.1 Å². The highest BCUT2D eigenvalue weighted by atomic mass is 19.1. The number of nitrogens with zero attached hydrogens (tertiary/aromatic N) is 3. The van der Waals surface area contributed by atoms with Crippen LogP contribution in [0.5, 0.6) is 0 Å². The van der Waals surface area contributed by atoms with E-state index in [2.05, 4.69) is 31.9 Å². The van der Waals surface area contributed by atoms with Crippen molar-refractivity contribution < 1.29 is 91.3 Å². The molecule has 3 aromatic rings. The average Bonchev–Trinajstić information content (AvgIpc) is 2.02.